The van der Waals surface area contributed by atoms with Gasteiger partial charge in [0.05, 0.1) is 3.57 Å². The average molecular weight is 379 g/mol. The van der Waals surface area contributed by atoms with Crippen molar-refractivity contribution < 1.29 is 17.2 Å². The summed E-state index contributed by atoms with van der Waals surface area (Å²) in [5.41, 5.74) is -1.19. The summed E-state index contributed by atoms with van der Waals surface area (Å²) in [6, 6.07) is 2.35. The van der Waals surface area contributed by atoms with Crippen LogP contribution in [0.5, 0.6) is 0 Å². The van der Waals surface area contributed by atoms with E-state index in [9.17, 15) is 17.2 Å². The van der Waals surface area contributed by atoms with Crippen LogP contribution in [0.15, 0.2) is 11.0 Å². The van der Waals surface area contributed by atoms with Crippen molar-refractivity contribution in [3.05, 3.63) is 21.0 Å². The number of alkyl halides is 2. The molecule has 0 aliphatic heterocycles. The summed E-state index contributed by atoms with van der Waals surface area (Å²) in [5, 5.41) is 8.53. The van der Waals surface area contributed by atoms with Gasteiger partial charge < -0.3 is 0 Å². The largest absolute Gasteiger partial charge is 0.281 e. The molecule has 1 heterocycles. The molecule has 0 fully saturated rings. The van der Waals surface area contributed by atoms with Crippen LogP contribution >= 0.6 is 33.3 Å². The van der Waals surface area contributed by atoms with Gasteiger partial charge in [0.15, 0.2) is 0 Å². The summed E-state index contributed by atoms with van der Waals surface area (Å²) in [6.07, 6.45) is -2.97. The molecule has 0 saturated heterocycles. The zero-order chi connectivity index (χ0) is 12.5. The average Bonchev–Trinajstić information content (AvgIpc) is 2.15. The maximum atomic E-state index is 12.5. The van der Waals surface area contributed by atoms with Crippen molar-refractivity contribution in [2.75, 3.05) is 0 Å². The molecule has 0 aromatic carbocycles. The van der Waals surface area contributed by atoms with Gasteiger partial charge in [-0.2, -0.15) is 5.26 Å². The second-order valence-corrected chi connectivity index (χ2v) is 6.17. The Morgan fingerprint density at radius 3 is 2.50 bits per heavy atom. The van der Waals surface area contributed by atoms with E-state index in [2.05, 4.69) is 4.98 Å². The third-order valence-corrected chi connectivity index (χ3v) is 4.38. The van der Waals surface area contributed by atoms with Crippen LogP contribution in [0.4, 0.5) is 8.78 Å². The second-order valence-electron chi connectivity index (χ2n) is 2.56. The minimum atomic E-state index is -4.18. The molecule has 0 aliphatic carbocycles. The van der Waals surface area contributed by atoms with E-state index >= 15 is 0 Å². The Labute approximate surface area is 108 Å². The number of hydrogen-bond acceptors (Lipinski definition) is 4. The number of nitriles is 1. The Hall–Kier alpha value is -0.530. The normalized spacial score (nSPS) is 11.5. The maximum Gasteiger partial charge on any atom is 0.281 e. The molecule has 4 nitrogen and oxygen atoms in total. The fraction of sp³-hybridized carbons (Fsp3) is 0.143. The Bertz CT molecular complexity index is 570. The molecule has 0 bridgehead atoms. The Morgan fingerprint density at radius 2 is 2.12 bits per heavy atom. The lowest BCUT2D eigenvalue weighted by Gasteiger charge is -2.06. The predicted molar refractivity (Wildman–Crippen MR) is 59.7 cm³/mol. The van der Waals surface area contributed by atoms with Crippen LogP contribution in [-0.4, -0.2) is 13.4 Å². The van der Waals surface area contributed by atoms with Gasteiger partial charge in [0.1, 0.15) is 22.4 Å². The summed E-state index contributed by atoms with van der Waals surface area (Å²) < 4.78 is 46.9. The molecule has 1 aromatic heterocycles. The first-order valence-electron chi connectivity index (χ1n) is 3.60. The first-order valence-corrected chi connectivity index (χ1v) is 6.99. The van der Waals surface area contributed by atoms with Crippen molar-refractivity contribution in [2.45, 2.75) is 11.3 Å². The summed E-state index contributed by atoms with van der Waals surface area (Å²) in [5.74, 6) is 0. The minimum Gasteiger partial charge on any atom is -0.235 e. The molecule has 0 amide bonds. The molecule has 0 aliphatic rings. The molecule has 0 spiro atoms. The monoisotopic (exact) mass is 378 g/mol. The number of rotatable bonds is 2. The first kappa shape index (κ1) is 13.5. The van der Waals surface area contributed by atoms with Crippen LogP contribution in [0.2, 0.25) is 0 Å². The third kappa shape index (κ3) is 2.78. The van der Waals surface area contributed by atoms with Crippen LogP contribution < -0.4 is 0 Å². The van der Waals surface area contributed by atoms with Crippen molar-refractivity contribution in [1.82, 2.24) is 4.98 Å². The van der Waals surface area contributed by atoms with E-state index in [-0.39, 0.29) is 3.57 Å². The van der Waals surface area contributed by atoms with Gasteiger partial charge in [-0.1, -0.05) is 0 Å². The highest BCUT2D eigenvalue weighted by atomic mass is 127. The van der Waals surface area contributed by atoms with Gasteiger partial charge in [-0.3, -0.25) is 0 Å². The van der Waals surface area contributed by atoms with Crippen LogP contribution in [0.1, 0.15) is 17.8 Å². The van der Waals surface area contributed by atoms with E-state index in [0.29, 0.717) is 0 Å². The summed E-state index contributed by atoms with van der Waals surface area (Å²) in [6.45, 7) is 0. The standard InChI is InChI=1S/C7H2ClF2IN2O2S/c8-16(14,15)4-1-3(2-12)13-6(5(4)11)7(9)10/h1,7H. The van der Waals surface area contributed by atoms with Gasteiger partial charge in [0.25, 0.3) is 15.5 Å². The van der Waals surface area contributed by atoms with Gasteiger partial charge in [0, 0.05) is 10.7 Å². The Kier molecular flexibility index (Phi) is 4.03. The zero-order valence-electron chi connectivity index (χ0n) is 7.29. The smallest absolute Gasteiger partial charge is 0.235 e. The van der Waals surface area contributed by atoms with E-state index in [1.165, 1.54) is 28.7 Å². The minimum absolute atomic E-state index is 0.276. The Morgan fingerprint density at radius 1 is 1.56 bits per heavy atom. The van der Waals surface area contributed by atoms with E-state index in [1.807, 2.05) is 0 Å². The highest BCUT2D eigenvalue weighted by molar-refractivity contribution is 14.1. The molecule has 0 unspecified atom stereocenters. The number of hydrogen-bond donors (Lipinski definition) is 0. The van der Waals surface area contributed by atoms with Crippen molar-refractivity contribution in [1.29, 1.82) is 5.26 Å². The van der Waals surface area contributed by atoms with Crippen LogP contribution in [0.25, 0.3) is 0 Å². The van der Waals surface area contributed by atoms with Gasteiger partial charge >= 0.3 is 0 Å². The molecule has 0 saturated carbocycles. The highest BCUT2D eigenvalue weighted by Crippen LogP contribution is 2.30. The second kappa shape index (κ2) is 4.77. The lowest BCUT2D eigenvalue weighted by molar-refractivity contribution is 0.144. The van der Waals surface area contributed by atoms with Gasteiger partial charge in [0.2, 0.25) is 0 Å². The molecule has 1 aromatic rings. The molecule has 0 radical (unpaired) electrons. The van der Waals surface area contributed by atoms with E-state index in [1.54, 1.807) is 0 Å². The molecule has 9 heteroatoms. The lowest BCUT2D eigenvalue weighted by atomic mass is 10.3. The molecule has 0 atom stereocenters. The van der Waals surface area contributed by atoms with Gasteiger partial charge in [-0.25, -0.2) is 22.2 Å². The quantitative estimate of drug-likeness (QED) is 0.585. The zero-order valence-corrected chi connectivity index (χ0v) is 11.0. The highest BCUT2D eigenvalue weighted by Gasteiger charge is 2.24. The molecule has 86 valence electrons. The number of halogens is 4. The maximum absolute atomic E-state index is 12.5. The van der Waals surface area contributed by atoms with E-state index in [4.69, 9.17) is 15.9 Å². The molecule has 0 N–H and O–H groups in total. The van der Waals surface area contributed by atoms with E-state index < -0.39 is 31.8 Å². The van der Waals surface area contributed by atoms with E-state index in [0.717, 1.165) is 6.07 Å². The lowest BCUT2D eigenvalue weighted by Crippen LogP contribution is -2.04. The number of aromatic nitrogens is 1. The summed E-state index contributed by atoms with van der Waals surface area (Å²) in [7, 11) is 0.873. The molecule has 1 rings (SSSR count). The topological polar surface area (TPSA) is 70.8 Å². The fourth-order valence-corrected chi connectivity index (χ4v) is 3.61. The summed E-state index contributed by atoms with van der Waals surface area (Å²) >= 11 is 1.40. The molecular weight excluding hydrogens is 377 g/mol. The van der Waals surface area contributed by atoms with Crippen molar-refractivity contribution in [3.63, 3.8) is 0 Å². The first-order chi connectivity index (χ1) is 7.27. The SMILES string of the molecule is N#Cc1cc(S(=O)(=O)Cl)c(I)c(C(F)F)n1. The fourth-order valence-electron chi connectivity index (χ4n) is 0.904. The van der Waals surface area contributed by atoms with Crippen LogP contribution in [-0.2, 0) is 9.05 Å². The summed E-state index contributed by atoms with van der Waals surface area (Å²) in [4.78, 5) is 2.79. The molecular formula is C7H2ClF2IN2O2S. The predicted octanol–water partition coefficient (Wildman–Crippen LogP) is 2.42. The number of pyridine rings is 1. The Balaban J connectivity index is 3.65. The van der Waals surface area contributed by atoms with Crippen molar-refractivity contribution in [2.24, 2.45) is 0 Å². The van der Waals surface area contributed by atoms with Crippen molar-refractivity contribution in [3.8, 4) is 6.07 Å². The third-order valence-electron chi connectivity index (χ3n) is 1.53. The van der Waals surface area contributed by atoms with Crippen LogP contribution in [0.3, 0.4) is 0 Å². The van der Waals surface area contributed by atoms with Crippen LogP contribution in [0, 0.1) is 14.9 Å². The van der Waals surface area contributed by atoms with Gasteiger partial charge in [-0.05, 0) is 28.7 Å². The van der Waals surface area contributed by atoms with Gasteiger partial charge in [-0.15, -0.1) is 0 Å². The number of nitrogens with zero attached hydrogens (tertiary/aromatic N) is 2. The van der Waals surface area contributed by atoms with Crippen molar-refractivity contribution >= 4 is 42.3 Å². The molecule has 16 heavy (non-hydrogen) atoms.